The standard InChI is InChI=1S/C17H18ClF3N4O/c1-25(2)6-5-23-16(26)11-7-13(10-22-9-11)24-12-3-4-15(18)14(8-12)17(19,20)21/h3-4,7-10,24H,5-6H2,1-2H3,(H,23,26). The monoisotopic (exact) mass is 386 g/mol. The van der Waals surface area contributed by atoms with Crippen molar-refractivity contribution in [2.75, 3.05) is 32.5 Å². The average molecular weight is 387 g/mol. The van der Waals surface area contributed by atoms with E-state index in [-0.39, 0.29) is 16.6 Å². The predicted octanol–water partition coefficient (Wildman–Crippen LogP) is 3.79. The number of hydrogen-bond acceptors (Lipinski definition) is 4. The lowest BCUT2D eigenvalue weighted by Gasteiger charge is -2.13. The Morgan fingerprint density at radius 1 is 1.19 bits per heavy atom. The first-order valence-electron chi connectivity index (χ1n) is 7.68. The lowest BCUT2D eigenvalue weighted by atomic mass is 10.2. The molecule has 0 aliphatic heterocycles. The van der Waals surface area contributed by atoms with Crippen molar-refractivity contribution in [2.45, 2.75) is 6.18 Å². The number of halogens is 4. The number of anilines is 2. The van der Waals surface area contributed by atoms with Crippen LogP contribution in [-0.4, -0.2) is 43.0 Å². The van der Waals surface area contributed by atoms with Crippen LogP contribution in [-0.2, 0) is 6.18 Å². The van der Waals surface area contributed by atoms with Crippen LogP contribution in [0.2, 0.25) is 5.02 Å². The zero-order valence-corrected chi connectivity index (χ0v) is 14.9. The summed E-state index contributed by atoms with van der Waals surface area (Å²) in [6, 6.07) is 5.01. The minimum atomic E-state index is -4.55. The van der Waals surface area contributed by atoms with Gasteiger partial charge in [0.15, 0.2) is 0 Å². The van der Waals surface area contributed by atoms with Crippen LogP contribution in [0.3, 0.4) is 0 Å². The third kappa shape index (κ3) is 5.60. The Labute approximate surface area is 154 Å². The molecule has 1 aromatic carbocycles. The van der Waals surface area contributed by atoms with Gasteiger partial charge in [0.2, 0.25) is 0 Å². The van der Waals surface area contributed by atoms with E-state index in [2.05, 4.69) is 15.6 Å². The number of nitrogens with zero attached hydrogens (tertiary/aromatic N) is 2. The minimum Gasteiger partial charge on any atom is -0.354 e. The van der Waals surface area contributed by atoms with Crippen molar-refractivity contribution < 1.29 is 18.0 Å². The first kappa shape index (κ1) is 20.0. The third-order valence-electron chi connectivity index (χ3n) is 3.41. The van der Waals surface area contributed by atoms with E-state index < -0.39 is 11.7 Å². The number of carbonyl (C=O) groups is 1. The number of hydrogen-bond donors (Lipinski definition) is 2. The fourth-order valence-electron chi connectivity index (χ4n) is 2.11. The molecule has 5 nitrogen and oxygen atoms in total. The highest BCUT2D eigenvalue weighted by Crippen LogP contribution is 2.36. The molecule has 0 bridgehead atoms. The molecule has 0 aliphatic rings. The third-order valence-corrected chi connectivity index (χ3v) is 3.74. The molecule has 140 valence electrons. The molecule has 2 rings (SSSR count). The van der Waals surface area contributed by atoms with Gasteiger partial charge in [-0.2, -0.15) is 13.2 Å². The molecule has 9 heteroatoms. The number of pyridine rings is 1. The molecule has 0 atom stereocenters. The fourth-order valence-corrected chi connectivity index (χ4v) is 2.34. The van der Waals surface area contributed by atoms with E-state index >= 15 is 0 Å². The number of carbonyl (C=O) groups excluding carboxylic acids is 1. The Morgan fingerprint density at radius 2 is 1.92 bits per heavy atom. The van der Waals surface area contributed by atoms with Crippen molar-refractivity contribution in [3.63, 3.8) is 0 Å². The second-order valence-corrected chi connectivity index (χ2v) is 6.25. The van der Waals surface area contributed by atoms with Gasteiger partial charge >= 0.3 is 6.18 Å². The smallest absolute Gasteiger partial charge is 0.354 e. The fraction of sp³-hybridized carbons (Fsp3) is 0.294. The van der Waals surface area contributed by atoms with Crippen LogP contribution in [0.4, 0.5) is 24.5 Å². The lowest BCUT2D eigenvalue weighted by molar-refractivity contribution is -0.137. The molecule has 1 heterocycles. The molecule has 0 unspecified atom stereocenters. The van der Waals surface area contributed by atoms with Crippen molar-refractivity contribution in [1.29, 1.82) is 0 Å². The molecular weight excluding hydrogens is 369 g/mol. The Morgan fingerprint density at radius 3 is 2.58 bits per heavy atom. The minimum absolute atomic E-state index is 0.189. The predicted molar refractivity (Wildman–Crippen MR) is 94.9 cm³/mol. The molecule has 2 aromatic rings. The van der Waals surface area contributed by atoms with E-state index in [0.29, 0.717) is 24.3 Å². The highest BCUT2D eigenvalue weighted by molar-refractivity contribution is 6.31. The van der Waals surface area contributed by atoms with Gasteiger partial charge < -0.3 is 15.5 Å². The van der Waals surface area contributed by atoms with Gasteiger partial charge in [-0.05, 0) is 38.4 Å². The molecule has 0 spiro atoms. The number of amides is 1. The zero-order valence-electron chi connectivity index (χ0n) is 14.2. The van der Waals surface area contributed by atoms with Gasteiger partial charge in [0.25, 0.3) is 5.91 Å². The van der Waals surface area contributed by atoms with E-state index in [4.69, 9.17) is 11.6 Å². The van der Waals surface area contributed by atoms with Gasteiger partial charge in [0.1, 0.15) is 0 Å². The SMILES string of the molecule is CN(C)CCNC(=O)c1cncc(Nc2ccc(Cl)c(C(F)(F)F)c2)c1. The topological polar surface area (TPSA) is 57.3 Å². The van der Waals surface area contributed by atoms with Crippen LogP contribution in [0.25, 0.3) is 0 Å². The molecule has 2 N–H and O–H groups in total. The average Bonchev–Trinajstić information content (AvgIpc) is 2.55. The first-order chi connectivity index (χ1) is 12.2. The van der Waals surface area contributed by atoms with E-state index in [9.17, 15) is 18.0 Å². The Kier molecular flexibility index (Phi) is 6.44. The Balaban J connectivity index is 2.12. The molecule has 26 heavy (non-hydrogen) atoms. The quantitative estimate of drug-likeness (QED) is 0.793. The molecule has 1 amide bonds. The maximum Gasteiger partial charge on any atom is 0.417 e. The second-order valence-electron chi connectivity index (χ2n) is 5.84. The summed E-state index contributed by atoms with van der Waals surface area (Å²) in [4.78, 5) is 18.0. The van der Waals surface area contributed by atoms with Crippen LogP contribution in [0.5, 0.6) is 0 Å². The highest BCUT2D eigenvalue weighted by atomic mass is 35.5. The number of likely N-dealkylation sites (N-methyl/N-ethyl adjacent to an activating group) is 1. The van der Waals surface area contributed by atoms with Crippen molar-refractivity contribution in [1.82, 2.24) is 15.2 Å². The maximum absolute atomic E-state index is 12.9. The van der Waals surface area contributed by atoms with E-state index in [1.54, 1.807) is 0 Å². The number of alkyl halides is 3. The Hall–Kier alpha value is -2.32. The number of benzene rings is 1. The zero-order chi connectivity index (χ0) is 19.3. The van der Waals surface area contributed by atoms with Gasteiger partial charge in [-0.25, -0.2) is 0 Å². The summed E-state index contributed by atoms with van der Waals surface area (Å²) in [5.74, 6) is -0.310. The van der Waals surface area contributed by atoms with Crippen molar-refractivity contribution >= 4 is 28.9 Å². The summed E-state index contributed by atoms with van der Waals surface area (Å²) in [6.07, 6.45) is -1.75. The molecule has 0 fully saturated rings. The van der Waals surface area contributed by atoms with Crippen molar-refractivity contribution in [3.05, 3.63) is 52.8 Å². The Bertz CT molecular complexity index is 781. The van der Waals surface area contributed by atoms with Crippen LogP contribution in [0, 0.1) is 0 Å². The summed E-state index contributed by atoms with van der Waals surface area (Å²) in [5.41, 5.74) is -0.0529. The van der Waals surface area contributed by atoms with Crippen molar-refractivity contribution in [2.24, 2.45) is 0 Å². The van der Waals surface area contributed by atoms with E-state index in [0.717, 1.165) is 12.1 Å². The summed E-state index contributed by atoms with van der Waals surface area (Å²) in [6.45, 7) is 1.15. The van der Waals surface area contributed by atoms with Crippen LogP contribution in [0.15, 0.2) is 36.7 Å². The number of nitrogens with one attached hydrogen (secondary N) is 2. The first-order valence-corrected chi connectivity index (χ1v) is 8.06. The van der Waals surface area contributed by atoms with Crippen molar-refractivity contribution in [3.8, 4) is 0 Å². The molecule has 0 radical (unpaired) electrons. The molecule has 0 saturated heterocycles. The number of rotatable bonds is 6. The normalized spacial score (nSPS) is 11.5. The van der Waals surface area contributed by atoms with Gasteiger partial charge in [0.05, 0.1) is 28.0 Å². The largest absolute Gasteiger partial charge is 0.417 e. The summed E-state index contributed by atoms with van der Waals surface area (Å²) >= 11 is 5.60. The summed E-state index contributed by atoms with van der Waals surface area (Å²) < 4.78 is 38.8. The molecular formula is C17H18ClF3N4O. The van der Waals surface area contributed by atoms with Gasteiger partial charge in [0, 0.05) is 25.0 Å². The molecule has 1 aromatic heterocycles. The second kappa shape index (κ2) is 8.37. The highest BCUT2D eigenvalue weighted by Gasteiger charge is 2.33. The van der Waals surface area contributed by atoms with Gasteiger partial charge in [-0.3, -0.25) is 9.78 Å². The lowest BCUT2D eigenvalue weighted by Crippen LogP contribution is -2.31. The maximum atomic E-state index is 12.9. The molecule has 0 saturated carbocycles. The van der Waals surface area contributed by atoms with E-state index in [1.807, 2.05) is 19.0 Å². The van der Waals surface area contributed by atoms with Gasteiger partial charge in [-0.1, -0.05) is 11.6 Å². The number of aromatic nitrogens is 1. The summed E-state index contributed by atoms with van der Waals surface area (Å²) in [7, 11) is 3.78. The van der Waals surface area contributed by atoms with Crippen LogP contribution < -0.4 is 10.6 Å². The van der Waals surface area contributed by atoms with E-state index in [1.165, 1.54) is 24.5 Å². The van der Waals surface area contributed by atoms with Gasteiger partial charge in [-0.15, -0.1) is 0 Å². The summed E-state index contributed by atoms with van der Waals surface area (Å²) in [5, 5.41) is 5.17. The molecule has 0 aliphatic carbocycles. The van der Waals surface area contributed by atoms with Crippen LogP contribution >= 0.6 is 11.6 Å². The van der Waals surface area contributed by atoms with Crippen LogP contribution in [0.1, 0.15) is 15.9 Å².